The largest absolute Gasteiger partial charge is 0.479 e. The molecular weight excluding hydrogens is 258 g/mol. The minimum Gasteiger partial charge on any atom is -0.479 e. The van der Waals surface area contributed by atoms with Crippen LogP contribution >= 0.6 is 0 Å². The summed E-state index contributed by atoms with van der Waals surface area (Å²) in [4.78, 5) is 24.5. The molecule has 1 saturated carbocycles. The smallest absolute Gasteiger partial charge is 0.335 e. The monoisotopic (exact) mass is 275 g/mol. The predicted octanol–water partition coefficient (Wildman–Crippen LogP) is 1.55. The summed E-state index contributed by atoms with van der Waals surface area (Å²) < 4.78 is 5.19. The van der Waals surface area contributed by atoms with Gasteiger partial charge in [0.2, 0.25) is 5.91 Å². The van der Waals surface area contributed by atoms with Crippen LogP contribution in [0.2, 0.25) is 0 Å². The maximum Gasteiger partial charge on any atom is 0.335 e. The van der Waals surface area contributed by atoms with Crippen molar-refractivity contribution in [3.05, 3.63) is 35.4 Å². The lowest BCUT2D eigenvalue weighted by Gasteiger charge is -2.37. The van der Waals surface area contributed by atoms with Crippen LogP contribution in [0.1, 0.15) is 35.9 Å². The lowest BCUT2D eigenvalue weighted by atomic mass is 9.96. The second kappa shape index (κ2) is 4.90. The average Bonchev–Trinajstić information content (AvgIpc) is 3.26. The molecule has 1 saturated heterocycles. The van der Waals surface area contributed by atoms with Gasteiger partial charge in [0.1, 0.15) is 6.61 Å². The molecule has 1 aliphatic heterocycles. The van der Waals surface area contributed by atoms with Gasteiger partial charge in [-0.05, 0) is 29.9 Å². The second-order valence-electron chi connectivity index (χ2n) is 5.46. The quantitative estimate of drug-likeness (QED) is 0.908. The van der Waals surface area contributed by atoms with Crippen LogP contribution in [0.15, 0.2) is 24.3 Å². The molecule has 1 N–H and O–H groups in total. The van der Waals surface area contributed by atoms with Crippen molar-refractivity contribution in [3.63, 3.8) is 0 Å². The zero-order chi connectivity index (χ0) is 14.3. The Balaban J connectivity index is 1.90. The molecule has 1 aliphatic carbocycles. The summed E-state index contributed by atoms with van der Waals surface area (Å²) in [6.07, 6.45) is 1.44. The Morgan fingerprint density at radius 3 is 2.40 bits per heavy atom. The van der Waals surface area contributed by atoms with Gasteiger partial charge in [0, 0.05) is 7.05 Å². The first-order valence-corrected chi connectivity index (χ1v) is 6.78. The molecular formula is C15H17NO4. The summed E-state index contributed by atoms with van der Waals surface area (Å²) in [6.45, 7) is -0.176. The Bertz CT molecular complexity index is 535. The van der Waals surface area contributed by atoms with Gasteiger partial charge in [-0.2, -0.15) is 0 Å². The number of hydrogen-bond donors (Lipinski definition) is 1. The van der Waals surface area contributed by atoms with E-state index >= 15 is 0 Å². The Morgan fingerprint density at radius 1 is 1.25 bits per heavy atom. The van der Waals surface area contributed by atoms with E-state index in [2.05, 4.69) is 0 Å². The van der Waals surface area contributed by atoms with Gasteiger partial charge >= 0.3 is 5.97 Å². The SMILES string of the molecule is CN1C(=O)COC(C(=O)O)C1c1ccc(C2CC2)cc1. The molecule has 0 bridgehead atoms. The van der Waals surface area contributed by atoms with Gasteiger partial charge in [0.15, 0.2) is 6.10 Å². The molecule has 3 rings (SSSR count). The predicted molar refractivity (Wildman–Crippen MR) is 71.3 cm³/mol. The van der Waals surface area contributed by atoms with E-state index in [0.29, 0.717) is 5.92 Å². The maximum absolute atomic E-state index is 11.7. The maximum atomic E-state index is 11.7. The van der Waals surface area contributed by atoms with Crippen LogP contribution in [-0.4, -0.2) is 41.6 Å². The van der Waals surface area contributed by atoms with Crippen LogP contribution in [-0.2, 0) is 14.3 Å². The van der Waals surface area contributed by atoms with E-state index in [0.717, 1.165) is 5.56 Å². The molecule has 0 spiro atoms. The van der Waals surface area contributed by atoms with Crippen LogP contribution < -0.4 is 0 Å². The number of benzene rings is 1. The highest BCUT2D eigenvalue weighted by molar-refractivity contribution is 5.82. The molecule has 2 aliphatic rings. The fraction of sp³-hybridized carbons (Fsp3) is 0.467. The van der Waals surface area contributed by atoms with Gasteiger partial charge < -0.3 is 14.7 Å². The van der Waals surface area contributed by atoms with Crippen LogP contribution in [0.5, 0.6) is 0 Å². The highest BCUT2D eigenvalue weighted by atomic mass is 16.5. The summed E-state index contributed by atoms with van der Waals surface area (Å²) in [6, 6.07) is 7.30. The molecule has 1 aromatic rings. The standard InChI is InChI=1S/C15H17NO4/c1-16-12(17)8-20-14(15(18)19)13(16)11-6-4-10(5-7-11)9-2-3-9/h4-7,9,13-14H,2-3,8H2,1H3,(H,18,19). The molecule has 106 valence electrons. The summed E-state index contributed by atoms with van der Waals surface area (Å²) >= 11 is 0. The Morgan fingerprint density at radius 2 is 1.85 bits per heavy atom. The number of hydrogen-bond acceptors (Lipinski definition) is 3. The van der Waals surface area contributed by atoms with Crippen molar-refractivity contribution in [2.24, 2.45) is 0 Å². The zero-order valence-corrected chi connectivity index (χ0v) is 11.3. The van der Waals surface area contributed by atoms with Crippen molar-refractivity contribution in [3.8, 4) is 0 Å². The first kappa shape index (κ1) is 13.1. The summed E-state index contributed by atoms with van der Waals surface area (Å²) in [5, 5.41) is 9.26. The van der Waals surface area contributed by atoms with E-state index in [4.69, 9.17) is 4.74 Å². The number of morpholine rings is 1. The van der Waals surface area contributed by atoms with E-state index in [1.807, 2.05) is 24.3 Å². The zero-order valence-electron chi connectivity index (χ0n) is 11.3. The number of amides is 1. The van der Waals surface area contributed by atoms with Crippen LogP contribution in [0.3, 0.4) is 0 Å². The van der Waals surface area contributed by atoms with Gasteiger partial charge in [-0.1, -0.05) is 24.3 Å². The van der Waals surface area contributed by atoms with Crippen molar-refractivity contribution >= 4 is 11.9 Å². The van der Waals surface area contributed by atoms with Crippen molar-refractivity contribution in [1.29, 1.82) is 0 Å². The second-order valence-corrected chi connectivity index (χ2v) is 5.46. The molecule has 2 atom stereocenters. The van der Waals surface area contributed by atoms with Crippen LogP contribution in [0, 0.1) is 0 Å². The van der Waals surface area contributed by atoms with Crippen molar-refractivity contribution in [2.45, 2.75) is 30.9 Å². The molecule has 5 heteroatoms. The summed E-state index contributed by atoms with van der Waals surface area (Å²) in [5.74, 6) is -0.583. The fourth-order valence-electron chi connectivity index (χ4n) is 2.70. The molecule has 2 fully saturated rings. The topological polar surface area (TPSA) is 66.8 Å². The van der Waals surface area contributed by atoms with Gasteiger partial charge in [-0.25, -0.2) is 4.79 Å². The van der Waals surface area contributed by atoms with Crippen molar-refractivity contribution in [2.75, 3.05) is 13.7 Å². The van der Waals surface area contributed by atoms with Gasteiger partial charge in [-0.15, -0.1) is 0 Å². The van der Waals surface area contributed by atoms with E-state index in [-0.39, 0.29) is 12.5 Å². The minimum atomic E-state index is -1.04. The number of likely N-dealkylation sites (N-methyl/N-ethyl adjacent to an activating group) is 1. The molecule has 0 radical (unpaired) electrons. The molecule has 1 amide bonds. The average molecular weight is 275 g/mol. The number of carboxylic acid groups (broad SMARTS) is 1. The Kier molecular flexibility index (Phi) is 3.22. The third-order valence-electron chi connectivity index (χ3n) is 4.05. The number of carbonyl (C=O) groups excluding carboxylic acids is 1. The number of carboxylic acids is 1. The molecule has 1 heterocycles. The lowest BCUT2D eigenvalue weighted by molar-refractivity contribution is -0.171. The number of aliphatic carboxylic acids is 1. The molecule has 5 nitrogen and oxygen atoms in total. The lowest BCUT2D eigenvalue weighted by Crippen LogP contribution is -2.50. The van der Waals surface area contributed by atoms with Crippen LogP contribution in [0.4, 0.5) is 0 Å². The Hall–Kier alpha value is -1.88. The highest BCUT2D eigenvalue weighted by Gasteiger charge is 2.40. The molecule has 1 aromatic carbocycles. The molecule has 2 unspecified atom stereocenters. The van der Waals surface area contributed by atoms with E-state index in [1.165, 1.54) is 23.3 Å². The number of rotatable bonds is 3. The number of ether oxygens (including phenoxy) is 1. The normalized spacial score (nSPS) is 26.6. The molecule has 20 heavy (non-hydrogen) atoms. The number of nitrogens with zero attached hydrogens (tertiary/aromatic N) is 1. The van der Waals surface area contributed by atoms with Gasteiger partial charge in [0.25, 0.3) is 0 Å². The van der Waals surface area contributed by atoms with Crippen molar-refractivity contribution in [1.82, 2.24) is 4.90 Å². The molecule has 0 aromatic heterocycles. The highest BCUT2D eigenvalue weighted by Crippen LogP contribution is 2.40. The van der Waals surface area contributed by atoms with Crippen molar-refractivity contribution < 1.29 is 19.4 Å². The van der Waals surface area contributed by atoms with E-state index in [9.17, 15) is 14.7 Å². The summed E-state index contributed by atoms with van der Waals surface area (Å²) in [5.41, 5.74) is 2.09. The van der Waals surface area contributed by atoms with Crippen LogP contribution in [0.25, 0.3) is 0 Å². The van der Waals surface area contributed by atoms with E-state index in [1.54, 1.807) is 7.05 Å². The van der Waals surface area contributed by atoms with Gasteiger partial charge in [-0.3, -0.25) is 4.79 Å². The third-order valence-corrected chi connectivity index (χ3v) is 4.05. The number of carbonyl (C=O) groups is 2. The van der Waals surface area contributed by atoms with E-state index < -0.39 is 18.1 Å². The minimum absolute atomic E-state index is 0.176. The first-order chi connectivity index (χ1) is 9.58. The Labute approximate surface area is 117 Å². The summed E-state index contributed by atoms with van der Waals surface area (Å²) in [7, 11) is 1.63. The third kappa shape index (κ3) is 2.29. The van der Waals surface area contributed by atoms with Gasteiger partial charge in [0.05, 0.1) is 6.04 Å². The fourth-order valence-corrected chi connectivity index (χ4v) is 2.70. The first-order valence-electron chi connectivity index (χ1n) is 6.78.